The van der Waals surface area contributed by atoms with E-state index < -0.39 is 23.3 Å². The molecule has 0 atom stereocenters. The Balaban J connectivity index is 1.79. The van der Waals surface area contributed by atoms with Gasteiger partial charge in [0.1, 0.15) is 11.6 Å². The van der Waals surface area contributed by atoms with Crippen LogP contribution >= 0.6 is 0 Å². The predicted molar refractivity (Wildman–Crippen MR) is 82.3 cm³/mol. The van der Waals surface area contributed by atoms with Gasteiger partial charge in [0.2, 0.25) is 5.91 Å². The van der Waals surface area contributed by atoms with E-state index in [4.69, 9.17) is 0 Å². The van der Waals surface area contributed by atoms with E-state index >= 15 is 0 Å². The molecule has 0 unspecified atom stereocenters. The lowest BCUT2D eigenvalue weighted by molar-refractivity contribution is -0.116. The number of halogens is 2. The Morgan fingerprint density at radius 2 is 1.87 bits per heavy atom. The topological polar surface area (TPSA) is 69.6 Å². The number of amides is 1. The molecule has 0 radical (unpaired) electrons. The molecule has 23 heavy (non-hydrogen) atoms. The molecule has 6 heteroatoms. The third kappa shape index (κ3) is 4.95. The number of nitrogens with one attached hydrogen (secondary N) is 1. The minimum Gasteiger partial charge on any atom is -0.508 e. The summed E-state index contributed by atoms with van der Waals surface area (Å²) >= 11 is 0. The fourth-order valence-electron chi connectivity index (χ4n) is 2.20. The molecule has 0 heterocycles. The molecule has 122 valence electrons. The van der Waals surface area contributed by atoms with Crippen LogP contribution in [0.1, 0.15) is 24.8 Å². The standard InChI is InChI=1S/C17H17F2NO3/c18-12-9-14(19)17(23)15(10-12)20-16(22)7-2-1-4-11-5-3-6-13(21)8-11/h3,5-6,8-10,21,23H,1-2,4,7H2,(H,20,22). The SMILES string of the molecule is O=C(CCCCc1cccc(O)c1)Nc1cc(F)cc(F)c1O. The molecule has 2 rings (SSSR count). The first-order chi connectivity index (χ1) is 11.0. The Labute approximate surface area is 132 Å². The van der Waals surface area contributed by atoms with Crippen molar-refractivity contribution in [2.45, 2.75) is 25.7 Å². The smallest absolute Gasteiger partial charge is 0.224 e. The van der Waals surface area contributed by atoms with Crippen molar-refractivity contribution in [2.75, 3.05) is 5.32 Å². The lowest BCUT2D eigenvalue weighted by atomic mass is 10.1. The van der Waals surface area contributed by atoms with Crippen molar-refractivity contribution in [3.8, 4) is 11.5 Å². The Morgan fingerprint density at radius 1 is 1.09 bits per heavy atom. The number of benzene rings is 2. The summed E-state index contributed by atoms with van der Waals surface area (Å²) in [6, 6.07) is 8.28. The highest BCUT2D eigenvalue weighted by Crippen LogP contribution is 2.27. The summed E-state index contributed by atoms with van der Waals surface area (Å²) in [6.07, 6.45) is 2.17. The van der Waals surface area contributed by atoms with Crippen molar-refractivity contribution >= 4 is 11.6 Å². The zero-order valence-corrected chi connectivity index (χ0v) is 12.4. The quantitative estimate of drug-likeness (QED) is 0.561. The van der Waals surface area contributed by atoms with Crippen LogP contribution in [0, 0.1) is 11.6 Å². The zero-order valence-electron chi connectivity index (χ0n) is 12.4. The number of aromatic hydroxyl groups is 2. The van der Waals surface area contributed by atoms with Gasteiger partial charge in [-0.15, -0.1) is 0 Å². The number of phenolic OH excluding ortho intramolecular Hbond substituents is 2. The monoisotopic (exact) mass is 321 g/mol. The van der Waals surface area contributed by atoms with Gasteiger partial charge < -0.3 is 15.5 Å². The molecule has 0 saturated heterocycles. The molecule has 0 aromatic heterocycles. The summed E-state index contributed by atoms with van der Waals surface area (Å²) in [5, 5.41) is 21.1. The molecule has 0 aliphatic rings. The number of hydrogen-bond donors (Lipinski definition) is 3. The van der Waals surface area contributed by atoms with E-state index in [-0.39, 0.29) is 17.9 Å². The molecule has 0 fully saturated rings. The molecule has 1 amide bonds. The minimum absolute atomic E-state index is 0.163. The number of aryl methyl sites for hydroxylation is 1. The minimum atomic E-state index is -1.12. The van der Waals surface area contributed by atoms with Gasteiger partial charge >= 0.3 is 0 Å². The molecule has 0 bridgehead atoms. The molecule has 0 spiro atoms. The maximum Gasteiger partial charge on any atom is 0.224 e. The largest absolute Gasteiger partial charge is 0.508 e. The summed E-state index contributed by atoms with van der Waals surface area (Å²) in [5.41, 5.74) is 0.690. The summed E-state index contributed by atoms with van der Waals surface area (Å²) < 4.78 is 26.2. The molecular formula is C17H17F2NO3. The van der Waals surface area contributed by atoms with E-state index in [1.165, 1.54) is 0 Å². The number of hydrogen-bond acceptors (Lipinski definition) is 3. The van der Waals surface area contributed by atoms with Crippen LogP contribution in [0.3, 0.4) is 0 Å². The third-order valence-electron chi connectivity index (χ3n) is 3.33. The van der Waals surface area contributed by atoms with Crippen molar-refractivity contribution in [1.82, 2.24) is 0 Å². The summed E-state index contributed by atoms with van der Waals surface area (Å²) in [4.78, 5) is 11.7. The van der Waals surface area contributed by atoms with Crippen LogP contribution in [-0.2, 0) is 11.2 Å². The zero-order chi connectivity index (χ0) is 16.8. The van der Waals surface area contributed by atoms with Gasteiger partial charge in [-0.3, -0.25) is 4.79 Å². The fourth-order valence-corrected chi connectivity index (χ4v) is 2.20. The van der Waals surface area contributed by atoms with Crippen LogP contribution in [0.25, 0.3) is 0 Å². The van der Waals surface area contributed by atoms with E-state index in [0.717, 1.165) is 18.1 Å². The molecule has 0 aliphatic heterocycles. The van der Waals surface area contributed by atoms with Gasteiger partial charge in [0.25, 0.3) is 0 Å². The highest BCUT2D eigenvalue weighted by Gasteiger charge is 2.12. The highest BCUT2D eigenvalue weighted by atomic mass is 19.1. The Kier molecular flexibility index (Phi) is 5.51. The van der Waals surface area contributed by atoms with Crippen molar-refractivity contribution in [1.29, 1.82) is 0 Å². The molecule has 0 aliphatic carbocycles. The second kappa shape index (κ2) is 7.58. The molecule has 0 saturated carbocycles. The van der Waals surface area contributed by atoms with Crippen LogP contribution in [0.4, 0.5) is 14.5 Å². The van der Waals surface area contributed by atoms with Crippen LogP contribution < -0.4 is 5.32 Å². The van der Waals surface area contributed by atoms with Gasteiger partial charge in [0, 0.05) is 18.6 Å². The van der Waals surface area contributed by atoms with E-state index in [1.54, 1.807) is 18.2 Å². The first-order valence-corrected chi connectivity index (χ1v) is 7.21. The van der Waals surface area contributed by atoms with E-state index in [9.17, 15) is 23.8 Å². The second-order valence-corrected chi connectivity index (χ2v) is 5.21. The fraction of sp³-hybridized carbons (Fsp3) is 0.235. The number of carbonyl (C=O) groups excluding carboxylic acids is 1. The van der Waals surface area contributed by atoms with Crippen molar-refractivity contribution in [3.63, 3.8) is 0 Å². The highest BCUT2D eigenvalue weighted by molar-refractivity contribution is 5.92. The second-order valence-electron chi connectivity index (χ2n) is 5.21. The number of carbonyl (C=O) groups is 1. The lowest BCUT2D eigenvalue weighted by Gasteiger charge is -2.08. The Morgan fingerprint density at radius 3 is 2.61 bits per heavy atom. The molecule has 2 aromatic rings. The van der Waals surface area contributed by atoms with Gasteiger partial charge in [-0.25, -0.2) is 8.78 Å². The molecule has 2 aromatic carbocycles. The normalized spacial score (nSPS) is 10.5. The van der Waals surface area contributed by atoms with Gasteiger partial charge in [0.15, 0.2) is 11.6 Å². The van der Waals surface area contributed by atoms with E-state index in [0.29, 0.717) is 18.9 Å². The summed E-state index contributed by atoms with van der Waals surface area (Å²) in [7, 11) is 0. The average molecular weight is 321 g/mol. The summed E-state index contributed by atoms with van der Waals surface area (Å²) in [5.74, 6) is -3.01. The molecular weight excluding hydrogens is 304 g/mol. The maximum atomic E-state index is 13.2. The first-order valence-electron chi connectivity index (χ1n) is 7.21. The van der Waals surface area contributed by atoms with Gasteiger partial charge in [0.05, 0.1) is 5.69 Å². The third-order valence-corrected chi connectivity index (χ3v) is 3.33. The molecule has 3 N–H and O–H groups in total. The number of unbranched alkanes of at least 4 members (excludes halogenated alkanes) is 1. The van der Waals surface area contributed by atoms with Gasteiger partial charge in [-0.1, -0.05) is 12.1 Å². The van der Waals surface area contributed by atoms with Crippen molar-refractivity contribution in [3.05, 3.63) is 53.6 Å². The lowest BCUT2D eigenvalue weighted by Crippen LogP contribution is -2.12. The summed E-state index contributed by atoms with van der Waals surface area (Å²) in [6.45, 7) is 0. The average Bonchev–Trinajstić information content (AvgIpc) is 2.49. The first kappa shape index (κ1) is 16.7. The number of anilines is 1. The van der Waals surface area contributed by atoms with E-state index in [2.05, 4.69) is 5.32 Å². The number of phenols is 2. The van der Waals surface area contributed by atoms with E-state index in [1.807, 2.05) is 6.07 Å². The van der Waals surface area contributed by atoms with Crippen LogP contribution in [0.2, 0.25) is 0 Å². The van der Waals surface area contributed by atoms with Crippen LogP contribution in [-0.4, -0.2) is 16.1 Å². The maximum absolute atomic E-state index is 13.2. The van der Waals surface area contributed by atoms with Crippen molar-refractivity contribution < 1.29 is 23.8 Å². The van der Waals surface area contributed by atoms with Gasteiger partial charge in [-0.2, -0.15) is 0 Å². The number of rotatable bonds is 6. The van der Waals surface area contributed by atoms with Crippen LogP contribution in [0.15, 0.2) is 36.4 Å². The predicted octanol–water partition coefficient (Wildman–Crippen LogP) is 3.73. The van der Waals surface area contributed by atoms with Crippen LogP contribution in [0.5, 0.6) is 11.5 Å². The Bertz CT molecular complexity index is 704. The Hall–Kier alpha value is -2.63. The molecule has 4 nitrogen and oxygen atoms in total. The van der Waals surface area contributed by atoms with Crippen molar-refractivity contribution in [2.24, 2.45) is 0 Å². The van der Waals surface area contributed by atoms with Gasteiger partial charge in [-0.05, 0) is 37.0 Å².